The van der Waals surface area contributed by atoms with Gasteiger partial charge in [-0.05, 0) is 30.6 Å². The van der Waals surface area contributed by atoms with Gasteiger partial charge in [0.2, 0.25) is 0 Å². The first-order valence-corrected chi connectivity index (χ1v) is 8.92. The van der Waals surface area contributed by atoms with Crippen LogP contribution in [0.15, 0.2) is 48.5 Å². The molecular formula is C19H22N4O4. The number of hydrogen-bond donors (Lipinski definition) is 0. The molecular weight excluding hydrogens is 348 g/mol. The van der Waals surface area contributed by atoms with Crippen molar-refractivity contribution >= 4 is 11.4 Å². The molecule has 0 aromatic heterocycles. The summed E-state index contributed by atoms with van der Waals surface area (Å²) in [4.78, 5) is 25.4. The maximum atomic E-state index is 10.7. The summed E-state index contributed by atoms with van der Waals surface area (Å²) in [7, 11) is 0. The Hall–Kier alpha value is -2.84. The second-order valence-corrected chi connectivity index (χ2v) is 6.75. The van der Waals surface area contributed by atoms with Gasteiger partial charge in [-0.3, -0.25) is 30.0 Å². The van der Waals surface area contributed by atoms with Crippen LogP contribution in [0.5, 0.6) is 0 Å². The Bertz CT molecular complexity index is 725. The van der Waals surface area contributed by atoms with Crippen molar-refractivity contribution in [1.29, 1.82) is 0 Å². The summed E-state index contributed by atoms with van der Waals surface area (Å²) in [5.41, 5.74) is 2.38. The van der Waals surface area contributed by atoms with Crippen LogP contribution in [0.25, 0.3) is 0 Å². The molecule has 0 bridgehead atoms. The summed E-state index contributed by atoms with van der Waals surface area (Å²) in [5, 5.41) is 21.5. The topological polar surface area (TPSA) is 92.8 Å². The van der Waals surface area contributed by atoms with Crippen LogP contribution in [0.3, 0.4) is 0 Å². The summed E-state index contributed by atoms with van der Waals surface area (Å²) >= 11 is 0. The first-order chi connectivity index (χ1) is 13.0. The molecule has 1 aliphatic heterocycles. The predicted octanol–water partition coefficient (Wildman–Crippen LogP) is 3.21. The molecule has 1 heterocycles. The van der Waals surface area contributed by atoms with Crippen molar-refractivity contribution in [2.75, 3.05) is 26.2 Å². The van der Waals surface area contributed by atoms with Gasteiger partial charge in [0.05, 0.1) is 9.85 Å². The Labute approximate surface area is 157 Å². The van der Waals surface area contributed by atoms with Crippen molar-refractivity contribution in [2.45, 2.75) is 19.5 Å². The van der Waals surface area contributed by atoms with Gasteiger partial charge in [0.1, 0.15) is 0 Å². The number of rotatable bonds is 6. The summed E-state index contributed by atoms with van der Waals surface area (Å²) in [6, 6.07) is 13.5. The van der Waals surface area contributed by atoms with Gasteiger partial charge in [0.25, 0.3) is 11.4 Å². The second kappa shape index (κ2) is 8.70. The van der Waals surface area contributed by atoms with Crippen LogP contribution < -0.4 is 0 Å². The van der Waals surface area contributed by atoms with Gasteiger partial charge >= 0.3 is 0 Å². The van der Waals surface area contributed by atoms with Crippen molar-refractivity contribution < 1.29 is 9.85 Å². The van der Waals surface area contributed by atoms with E-state index in [9.17, 15) is 20.2 Å². The van der Waals surface area contributed by atoms with Gasteiger partial charge in [0.15, 0.2) is 0 Å². The SMILES string of the molecule is O=[N+]([O-])c1ccc(CN2CCCN(Cc3ccc([N+](=O)[O-])cc3)CC2)cc1. The highest BCUT2D eigenvalue weighted by atomic mass is 16.6. The number of benzene rings is 2. The maximum Gasteiger partial charge on any atom is 0.269 e. The third-order valence-corrected chi connectivity index (χ3v) is 4.79. The van der Waals surface area contributed by atoms with Gasteiger partial charge in [0, 0.05) is 50.4 Å². The zero-order valence-corrected chi connectivity index (χ0v) is 15.0. The zero-order chi connectivity index (χ0) is 19.2. The van der Waals surface area contributed by atoms with Crippen LogP contribution in [0.2, 0.25) is 0 Å². The van der Waals surface area contributed by atoms with E-state index in [-0.39, 0.29) is 21.2 Å². The summed E-state index contributed by atoms with van der Waals surface area (Å²) in [6.45, 7) is 5.36. The Morgan fingerprint density at radius 1 is 0.667 bits per heavy atom. The van der Waals surface area contributed by atoms with Crippen molar-refractivity contribution in [1.82, 2.24) is 9.80 Å². The van der Waals surface area contributed by atoms with Crippen molar-refractivity contribution in [3.05, 3.63) is 79.9 Å². The number of nitro groups is 2. The normalized spacial score (nSPS) is 16.0. The fourth-order valence-electron chi connectivity index (χ4n) is 3.30. The molecule has 27 heavy (non-hydrogen) atoms. The van der Waals surface area contributed by atoms with Crippen molar-refractivity contribution in [3.63, 3.8) is 0 Å². The van der Waals surface area contributed by atoms with Crippen LogP contribution in [0.4, 0.5) is 11.4 Å². The van der Waals surface area contributed by atoms with Crippen LogP contribution >= 0.6 is 0 Å². The molecule has 2 aromatic rings. The lowest BCUT2D eigenvalue weighted by Gasteiger charge is -2.22. The van der Waals surface area contributed by atoms with Gasteiger partial charge < -0.3 is 0 Å². The molecule has 0 unspecified atom stereocenters. The van der Waals surface area contributed by atoms with E-state index >= 15 is 0 Å². The quantitative estimate of drug-likeness (QED) is 0.573. The molecule has 0 atom stereocenters. The van der Waals surface area contributed by atoms with Crippen LogP contribution in [-0.2, 0) is 13.1 Å². The van der Waals surface area contributed by atoms with E-state index in [2.05, 4.69) is 9.80 Å². The zero-order valence-electron chi connectivity index (χ0n) is 15.0. The second-order valence-electron chi connectivity index (χ2n) is 6.75. The predicted molar refractivity (Wildman–Crippen MR) is 101 cm³/mol. The maximum absolute atomic E-state index is 10.7. The molecule has 142 valence electrons. The van der Waals surface area contributed by atoms with E-state index in [4.69, 9.17) is 0 Å². The molecule has 1 aliphatic rings. The summed E-state index contributed by atoms with van der Waals surface area (Å²) < 4.78 is 0. The van der Waals surface area contributed by atoms with Crippen LogP contribution in [0.1, 0.15) is 17.5 Å². The van der Waals surface area contributed by atoms with Gasteiger partial charge in [-0.1, -0.05) is 24.3 Å². The first kappa shape index (κ1) is 18.9. The molecule has 0 radical (unpaired) electrons. The lowest BCUT2D eigenvalue weighted by atomic mass is 10.2. The van der Waals surface area contributed by atoms with Gasteiger partial charge in [-0.25, -0.2) is 0 Å². The largest absolute Gasteiger partial charge is 0.298 e. The molecule has 1 saturated heterocycles. The highest BCUT2D eigenvalue weighted by Crippen LogP contribution is 2.17. The van der Waals surface area contributed by atoms with E-state index in [1.165, 1.54) is 0 Å². The van der Waals surface area contributed by atoms with Crippen LogP contribution in [-0.4, -0.2) is 45.8 Å². The van der Waals surface area contributed by atoms with Crippen molar-refractivity contribution in [2.24, 2.45) is 0 Å². The molecule has 1 fully saturated rings. The van der Waals surface area contributed by atoms with E-state index in [0.717, 1.165) is 56.8 Å². The highest BCUT2D eigenvalue weighted by Gasteiger charge is 2.16. The molecule has 0 N–H and O–H groups in total. The summed E-state index contributed by atoms with van der Waals surface area (Å²) in [6.07, 6.45) is 1.04. The average molecular weight is 370 g/mol. The molecule has 2 aromatic carbocycles. The van der Waals surface area contributed by atoms with Gasteiger partial charge in [-0.15, -0.1) is 0 Å². The number of nitro benzene ring substituents is 2. The van der Waals surface area contributed by atoms with E-state index in [1.54, 1.807) is 24.3 Å². The smallest absolute Gasteiger partial charge is 0.269 e. The molecule has 0 spiro atoms. The molecule has 0 amide bonds. The molecule has 8 heteroatoms. The minimum atomic E-state index is -0.383. The fraction of sp³-hybridized carbons (Fsp3) is 0.368. The standard InChI is InChI=1S/C19H22N4O4/c24-22(25)18-6-2-16(3-7-18)14-20-10-1-11-21(13-12-20)15-17-4-8-19(9-5-17)23(26)27/h2-9H,1,10-15H2. The average Bonchev–Trinajstić information content (AvgIpc) is 2.88. The summed E-state index contributed by atoms with van der Waals surface area (Å²) in [5.74, 6) is 0. The lowest BCUT2D eigenvalue weighted by Crippen LogP contribution is -2.30. The first-order valence-electron chi connectivity index (χ1n) is 8.92. The Morgan fingerprint density at radius 3 is 1.37 bits per heavy atom. The molecule has 0 saturated carbocycles. The highest BCUT2D eigenvalue weighted by molar-refractivity contribution is 5.33. The Balaban J connectivity index is 1.52. The van der Waals surface area contributed by atoms with Crippen molar-refractivity contribution in [3.8, 4) is 0 Å². The molecule has 8 nitrogen and oxygen atoms in total. The van der Waals surface area contributed by atoms with Crippen LogP contribution in [0, 0.1) is 20.2 Å². The number of nitrogens with zero attached hydrogens (tertiary/aromatic N) is 4. The lowest BCUT2D eigenvalue weighted by molar-refractivity contribution is -0.385. The number of non-ortho nitro benzene ring substituents is 2. The third kappa shape index (κ3) is 5.32. The molecule has 3 rings (SSSR count). The van der Waals surface area contributed by atoms with E-state index in [1.807, 2.05) is 24.3 Å². The minimum absolute atomic E-state index is 0.115. The molecule has 0 aliphatic carbocycles. The van der Waals surface area contributed by atoms with E-state index in [0.29, 0.717) is 0 Å². The van der Waals surface area contributed by atoms with E-state index < -0.39 is 0 Å². The number of hydrogen-bond acceptors (Lipinski definition) is 6. The minimum Gasteiger partial charge on any atom is -0.298 e. The fourth-order valence-corrected chi connectivity index (χ4v) is 3.30. The third-order valence-electron chi connectivity index (χ3n) is 4.79. The Kier molecular flexibility index (Phi) is 6.10. The monoisotopic (exact) mass is 370 g/mol. The Morgan fingerprint density at radius 2 is 1.04 bits per heavy atom. The van der Waals surface area contributed by atoms with Gasteiger partial charge in [-0.2, -0.15) is 0 Å².